The number of hydrogen-bond donors (Lipinski definition) is 3. The summed E-state index contributed by atoms with van der Waals surface area (Å²) in [6.45, 7) is 0.394. The summed E-state index contributed by atoms with van der Waals surface area (Å²) in [5.41, 5.74) is 1.81. The van der Waals surface area contributed by atoms with Crippen LogP contribution >= 0.6 is 0 Å². The molecule has 0 aliphatic rings. The van der Waals surface area contributed by atoms with Gasteiger partial charge in [-0.15, -0.1) is 0 Å². The van der Waals surface area contributed by atoms with Crippen molar-refractivity contribution in [1.29, 1.82) is 0 Å². The van der Waals surface area contributed by atoms with E-state index in [2.05, 4.69) is 15.6 Å². The van der Waals surface area contributed by atoms with E-state index in [4.69, 9.17) is 4.74 Å². The van der Waals surface area contributed by atoms with Gasteiger partial charge in [-0.1, -0.05) is 30.3 Å². The first-order valence-corrected chi connectivity index (χ1v) is 9.29. The molecule has 8 heteroatoms. The Morgan fingerprint density at radius 2 is 1.87 bits per heavy atom. The molecule has 3 aromatic rings. The molecule has 0 aliphatic heterocycles. The quantitative estimate of drug-likeness (QED) is 0.502. The predicted molar refractivity (Wildman–Crippen MR) is 108 cm³/mol. The van der Waals surface area contributed by atoms with Crippen molar-refractivity contribution in [2.45, 2.75) is 12.6 Å². The van der Waals surface area contributed by atoms with Crippen molar-refractivity contribution >= 4 is 11.6 Å². The van der Waals surface area contributed by atoms with Crippen LogP contribution < -0.4 is 15.4 Å². The minimum Gasteiger partial charge on any atom is -0.491 e. The average Bonchev–Trinajstić information content (AvgIpc) is 2.77. The van der Waals surface area contributed by atoms with E-state index in [1.807, 2.05) is 30.3 Å². The molecular weight excluding hydrogens is 392 g/mol. The van der Waals surface area contributed by atoms with Gasteiger partial charge in [0, 0.05) is 31.0 Å². The number of benzene rings is 2. The van der Waals surface area contributed by atoms with Crippen LogP contribution in [-0.2, 0) is 6.54 Å². The second-order valence-corrected chi connectivity index (χ2v) is 6.52. The van der Waals surface area contributed by atoms with E-state index in [9.17, 15) is 18.7 Å². The Balaban J connectivity index is 1.47. The third-order valence-corrected chi connectivity index (χ3v) is 4.16. The van der Waals surface area contributed by atoms with Gasteiger partial charge in [-0.25, -0.2) is 8.78 Å². The van der Waals surface area contributed by atoms with Crippen LogP contribution in [0.25, 0.3) is 0 Å². The SMILES string of the molecule is O=C(NCc1ccccc1)c1cc(NCC(O)COc2ccc(F)c(F)c2)ccn1. The van der Waals surface area contributed by atoms with Gasteiger partial charge in [-0.05, 0) is 29.8 Å². The molecule has 0 saturated carbocycles. The number of carbonyl (C=O) groups is 1. The zero-order valence-corrected chi connectivity index (χ0v) is 16.0. The van der Waals surface area contributed by atoms with E-state index in [1.54, 1.807) is 12.1 Å². The number of aliphatic hydroxyl groups is 1. The van der Waals surface area contributed by atoms with Gasteiger partial charge in [0.1, 0.15) is 24.2 Å². The van der Waals surface area contributed by atoms with Gasteiger partial charge in [-0.2, -0.15) is 0 Å². The van der Waals surface area contributed by atoms with E-state index < -0.39 is 17.7 Å². The molecular formula is C22H21F2N3O3. The van der Waals surface area contributed by atoms with Gasteiger partial charge in [0.15, 0.2) is 11.6 Å². The number of aliphatic hydroxyl groups excluding tert-OH is 1. The molecule has 1 unspecified atom stereocenters. The maximum atomic E-state index is 13.2. The monoisotopic (exact) mass is 413 g/mol. The summed E-state index contributed by atoms with van der Waals surface area (Å²) in [5, 5.41) is 15.8. The number of ether oxygens (including phenoxy) is 1. The molecule has 0 spiro atoms. The smallest absolute Gasteiger partial charge is 0.270 e. The third kappa shape index (κ3) is 6.25. The Labute approximate surface area is 172 Å². The summed E-state index contributed by atoms with van der Waals surface area (Å²) in [6.07, 6.45) is 0.575. The molecule has 1 atom stereocenters. The lowest BCUT2D eigenvalue weighted by atomic mass is 10.2. The van der Waals surface area contributed by atoms with E-state index in [0.717, 1.165) is 17.7 Å². The van der Waals surface area contributed by atoms with Crippen molar-refractivity contribution in [2.75, 3.05) is 18.5 Å². The first-order chi connectivity index (χ1) is 14.5. The lowest BCUT2D eigenvalue weighted by molar-refractivity contribution is 0.0946. The molecule has 156 valence electrons. The van der Waals surface area contributed by atoms with Crippen LogP contribution in [-0.4, -0.2) is 35.3 Å². The van der Waals surface area contributed by atoms with Gasteiger partial charge in [0.2, 0.25) is 0 Å². The molecule has 3 N–H and O–H groups in total. The summed E-state index contributed by atoms with van der Waals surface area (Å²) >= 11 is 0. The summed E-state index contributed by atoms with van der Waals surface area (Å²) in [5.74, 6) is -2.18. The zero-order valence-electron chi connectivity index (χ0n) is 16.0. The molecule has 1 aromatic heterocycles. The highest BCUT2D eigenvalue weighted by molar-refractivity contribution is 5.93. The van der Waals surface area contributed by atoms with Crippen LogP contribution in [0.4, 0.5) is 14.5 Å². The average molecular weight is 413 g/mol. The summed E-state index contributed by atoms with van der Waals surface area (Å²) < 4.78 is 31.3. The van der Waals surface area contributed by atoms with Crippen LogP contribution in [0.1, 0.15) is 16.1 Å². The predicted octanol–water partition coefficient (Wildman–Crippen LogP) is 3.14. The van der Waals surface area contributed by atoms with Crippen molar-refractivity contribution in [3.8, 4) is 5.75 Å². The molecule has 0 aliphatic carbocycles. The van der Waals surface area contributed by atoms with Gasteiger partial charge in [0.05, 0.1) is 0 Å². The van der Waals surface area contributed by atoms with Crippen molar-refractivity contribution in [1.82, 2.24) is 10.3 Å². The van der Waals surface area contributed by atoms with E-state index in [0.29, 0.717) is 12.2 Å². The van der Waals surface area contributed by atoms with Crippen LogP contribution in [0.3, 0.4) is 0 Å². The maximum absolute atomic E-state index is 13.2. The Kier molecular flexibility index (Phi) is 7.29. The fraction of sp³-hybridized carbons (Fsp3) is 0.182. The van der Waals surface area contributed by atoms with Crippen molar-refractivity contribution in [2.24, 2.45) is 0 Å². The standard InChI is InChI=1S/C22H21F2N3O3/c23-19-7-6-18(11-20(19)24)30-14-17(28)13-26-16-8-9-25-21(10-16)22(29)27-12-15-4-2-1-3-5-15/h1-11,17,28H,12-14H2,(H,25,26)(H,27,29). The summed E-state index contributed by atoms with van der Waals surface area (Å²) in [7, 11) is 0. The highest BCUT2D eigenvalue weighted by atomic mass is 19.2. The normalized spacial score (nSPS) is 11.6. The highest BCUT2D eigenvalue weighted by Crippen LogP contribution is 2.15. The van der Waals surface area contributed by atoms with Crippen molar-refractivity contribution < 1.29 is 23.4 Å². The Hall–Kier alpha value is -3.52. The van der Waals surface area contributed by atoms with Gasteiger partial charge in [0.25, 0.3) is 5.91 Å². The molecule has 1 heterocycles. The van der Waals surface area contributed by atoms with Crippen LogP contribution in [0.15, 0.2) is 66.9 Å². The van der Waals surface area contributed by atoms with Gasteiger partial charge in [-0.3, -0.25) is 9.78 Å². The highest BCUT2D eigenvalue weighted by Gasteiger charge is 2.10. The number of nitrogens with zero attached hydrogens (tertiary/aromatic N) is 1. The summed E-state index contributed by atoms with van der Waals surface area (Å²) in [4.78, 5) is 16.4. The van der Waals surface area contributed by atoms with Crippen molar-refractivity contribution in [3.05, 3.63) is 89.8 Å². The minimum atomic E-state index is -1.02. The molecule has 30 heavy (non-hydrogen) atoms. The van der Waals surface area contributed by atoms with Crippen molar-refractivity contribution in [3.63, 3.8) is 0 Å². The first kappa shape index (κ1) is 21.2. The molecule has 0 fully saturated rings. The number of halogens is 2. The molecule has 6 nitrogen and oxygen atoms in total. The molecule has 0 bridgehead atoms. The van der Waals surface area contributed by atoms with E-state index in [1.165, 1.54) is 12.3 Å². The summed E-state index contributed by atoms with van der Waals surface area (Å²) in [6, 6.07) is 15.9. The number of pyridine rings is 1. The molecule has 3 rings (SSSR count). The number of hydrogen-bond acceptors (Lipinski definition) is 5. The third-order valence-electron chi connectivity index (χ3n) is 4.16. The Morgan fingerprint density at radius 3 is 2.63 bits per heavy atom. The van der Waals surface area contributed by atoms with Crippen LogP contribution in [0.2, 0.25) is 0 Å². The van der Waals surface area contributed by atoms with E-state index in [-0.39, 0.29) is 30.5 Å². The lowest BCUT2D eigenvalue weighted by Gasteiger charge is -2.14. The second kappa shape index (κ2) is 10.3. The zero-order chi connectivity index (χ0) is 21.3. The number of rotatable bonds is 9. The molecule has 2 aromatic carbocycles. The second-order valence-electron chi connectivity index (χ2n) is 6.52. The topological polar surface area (TPSA) is 83.5 Å². The number of aromatic nitrogens is 1. The fourth-order valence-corrected chi connectivity index (χ4v) is 2.59. The molecule has 0 radical (unpaired) electrons. The Bertz CT molecular complexity index is 986. The van der Waals surface area contributed by atoms with E-state index >= 15 is 0 Å². The number of nitrogens with one attached hydrogen (secondary N) is 2. The van der Waals surface area contributed by atoms with Crippen LogP contribution in [0.5, 0.6) is 5.75 Å². The number of amides is 1. The molecule has 1 amide bonds. The number of carbonyl (C=O) groups excluding carboxylic acids is 1. The maximum Gasteiger partial charge on any atom is 0.270 e. The minimum absolute atomic E-state index is 0.117. The first-order valence-electron chi connectivity index (χ1n) is 9.29. The van der Waals surface area contributed by atoms with Gasteiger partial charge >= 0.3 is 0 Å². The number of anilines is 1. The van der Waals surface area contributed by atoms with Gasteiger partial charge < -0.3 is 20.5 Å². The fourth-order valence-electron chi connectivity index (χ4n) is 2.59. The molecule has 0 saturated heterocycles. The lowest BCUT2D eigenvalue weighted by Crippen LogP contribution is -2.27. The largest absolute Gasteiger partial charge is 0.491 e. The van der Waals surface area contributed by atoms with Crippen LogP contribution in [0, 0.1) is 11.6 Å². The Morgan fingerprint density at radius 1 is 1.07 bits per heavy atom.